The van der Waals surface area contributed by atoms with Crippen LogP contribution in [0.15, 0.2) is 12.2 Å². The molecular formula is C9H12O3. The van der Waals surface area contributed by atoms with Gasteiger partial charge in [-0.25, -0.2) is 4.79 Å². The average Bonchev–Trinajstić information content (AvgIpc) is 2.30. The van der Waals surface area contributed by atoms with E-state index in [1.54, 1.807) is 19.9 Å². The van der Waals surface area contributed by atoms with E-state index in [9.17, 15) is 9.59 Å². The SMILES string of the molecule is CC(C=O)C[C@@]1(C)C=CC(=O)O1. The molecule has 66 valence electrons. The normalized spacial score (nSPS) is 30.0. The molecule has 1 unspecified atom stereocenters. The first-order valence-corrected chi connectivity index (χ1v) is 3.93. The molecule has 0 spiro atoms. The fourth-order valence-corrected chi connectivity index (χ4v) is 1.34. The van der Waals surface area contributed by atoms with Crippen molar-refractivity contribution in [2.45, 2.75) is 25.9 Å². The Morgan fingerprint density at radius 3 is 2.83 bits per heavy atom. The van der Waals surface area contributed by atoms with E-state index in [0.29, 0.717) is 6.42 Å². The van der Waals surface area contributed by atoms with Crippen molar-refractivity contribution in [2.75, 3.05) is 0 Å². The lowest BCUT2D eigenvalue weighted by Gasteiger charge is -2.22. The van der Waals surface area contributed by atoms with Gasteiger partial charge in [-0.2, -0.15) is 0 Å². The second kappa shape index (κ2) is 3.09. The Bertz CT molecular complexity index is 232. The molecule has 0 bridgehead atoms. The molecule has 1 rings (SSSR count). The molecule has 0 aromatic heterocycles. The molecule has 0 fully saturated rings. The Hall–Kier alpha value is -1.12. The van der Waals surface area contributed by atoms with Gasteiger partial charge in [0.2, 0.25) is 0 Å². The van der Waals surface area contributed by atoms with Crippen molar-refractivity contribution >= 4 is 12.3 Å². The van der Waals surface area contributed by atoms with Gasteiger partial charge in [0.25, 0.3) is 0 Å². The summed E-state index contributed by atoms with van der Waals surface area (Å²) in [6.45, 7) is 3.60. The number of cyclic esters (lactones) is 1. The van der Waals surface area contributed by atoms with E-state index in [4.69, 9.17) is 4.74 Å². The number of esters is 1. The largest absolute Gasteiger partial charge is 0.452 e. The lowest BCUT2D eigenvalue weighted by molar-refractivity contribution is -0.145. The maximum Gasteiger partial charge on any atom is 0.331 e. The molecule has 3 nitrogen and oxygen atoms in total. The van der Waals surface area contributed by atoms with E-state index in [2.05, 4.69) is 0 Å². The predicted molar refractivity (Wildman–Crippen MR) is 43.5 cm³/mol. The molecule has 0 aliphatic carbocycles. The molecular weight excluding hydrogens is 156 g/mol. The van der Waals surface area contributed by atoms with E-state index in [0.717, 1.165) is 6.29 Å². The van der Waals surface area contributed by atoms with Crippen LogP contribution in [-0.2, 0) is 14.3 Å². The summed E-state index contributed by atoms with van der Waals surface area (Å²) in [4.78, 5) is 21.1. The number of ether oxygens (including phenoxy) is 1. The second-order valence-electron chi connectivity index (χ2n) is 3.38. The monoisotopic (exact) mass is 168 g/mol. The molecule has 1 aliphatic heterocycles. The Morgan fingerprint density at radius 2 is 2.42 bits per heavy atom. The highest BCUT2D eigenvalue weighted by Gasteiger charge is 2.31. The van der Waals surface area contributed by atoms with Crippen LogP contribution in [0.3, 0.4) is 0 Å². The molecule has 0 aromatic carbocycles. The third kappa shape index (κ3) is 1.94. The lowest BCUT2D eigenvalue weighted by Crippen LogP contribution is -2.26. The Labute approximate surface area is 71.4 Å². The third-order valence-corrected chi connectivity index (χ3v) is 1.87. The summed E-state index contributed by atoms with van der Waals surface area (Å²) in [7, 11) is 0. The van der Waals surface area contributed by atoms with E-state index in [1.165, 1.54) is 6.08 Å². The zero-order valence-electron chi connectivity index (χ0n) is 7.24. The molecule has 0 saturated heterocycles. The molecule has 0 radical (unpaired) electrons. The molecule has 1 heterocycles. The van der Waals surface area contributed by atoms with Gasteiger partial charge < -0.3 is 9.53 Å². The summed E-state index contributed by atoms with van der Waals surface area (Å²) in [5, 5.41) is 0. The quantitative estimate of drug-likeness (QED) is 0.468. The van der Waals surface area contributed by atoms with Crippen molar-refractivity contribution in [1.82, 2.24) is 0 Å². The van der Waals surface area contributed by atoms with Crippen LogP contribution in [0.2, 0.25) is 0 Å². The van der Waals surface area contributed by atoms with Crippen LogP contribution in [0.1, 0.15) is 20.3 Å². The van der Waals surface area contributed by atoms with Crippen molar-refractivity contribution in [2.24, 2.45) is 5.92 Å². The fraction of sp³-hybridized carbons (Fsp3) is 0.556. The van der Waals surface area contributed by atoms with Gasteiger partial charge in [-0.1, -0.05) is 6.92 Å². The van der Waals surface area contributed by atoms with E-state index in [-0.39, 0.29) is 11.9 Å². The zero-order chi connectivity index (χ0) is 9.19. The van der Waals surface area contributed by atoms with E-state index < -0.39 is 5.60 Å². The van der Waals surface area contributed by atoms with Gasteiger partial charge in [0.15, 0.2) is 0 Å². The highest BCUT2D eigenvalue weighted by atomic mass is 16.6. The first-order chi connectivity index (χ1) is 5.56. The summed E-state index contributed by atoms with van der Waals surface area (Å²) < 4.78 is 5.01. The molecule has 0 amide bonds. The van der Waals surface area contributed by atoms with Crippen LogP contribution in [-0.4, -0.2) is 17.9 Å². The topological polar surface area (TPSA) is 43.4 Å². The van der Waals surface area contributed by atoms with Gasteiger partial charge in [-0.3, -0.25) is 0 Å². The Morgan fingerprint density at radius 1 is 1.75 bits per heavy atom. The minimum atomic E-state index is -0.572. The van der Waals surface area contributed by atoms with Crippen LogP contribution in [0.5, 0.6) is 0 Å². The fourth-order valence-electron chi connectivity index (χ4n) is 1.34. The summed E-state index contributed by atoms with van der Waals surface area (Å²) in [5.74, 6) is -0.402. The van der Waals surface area contributed by atoms with E-state index in [1.807, 2.05) is 0 Å². The van der Waals surface area contributed by atoms with Crippen LogP contribution in [0, 0.1) is 5.92 Å². The maximum atomic E-state index is 10.7. The van der Waals surface area contributed by atoms with Crippen molar-refractivity contribution in [3.63, 3.8) is 0 Å². The van der Waals surface area contributed by atoms with E-state index >= 15 is 0 Å². The molecule has 2 atom stereocenters. The highest BCUT2D eigenvalue weighted by molar-refractivity contribution is 5.85. The number of carbonyl (C=O) groups is 2. The maximum absolute atomic E-state index is 10.7. The molecule has 0 saturated carbocycles. The highest BCUT2D eigenvalue weighted by Crippen LogP contribution is 2.26. The summed E-state index contributed by atoms with van der Waals surface area (Å²) in [5.41, 5.74) is -0.572. The number of hydrogen-bond acceptors (Lipinski definition) is 3. The summed E-state index contributed by atoms with van der Waals surface area (Å²) in [6, 6.07) is 0. The minimum Gasteiger partial charge on any atom is -0.452 e. The van der Waals surface area contributed by atoms with Crippen LogP contribution < -0.4 is 0 Å². The van der Waals surface area contributed by atoms with Crippen LogP contribution >= 0.6 is 0 Å². The predicted octanol–water partition coefficient (Wildman–Crippen LogP) is 1.08. The number of hydrogen-bond donors (Lipinski definition) is 0. The first-order valence-electron chi connectivity index (χ1n) is 3.93. The molecule has 3 heteroatoms. The van der Waals surface area contributed by atoms with Gasteiger partial charge in [0, 0.05) is 12.0 Å². The standard InChI is InChI=1S/C9H12O3/c1-7(6-10)5-9(2)4-3-8(11)12-9/h3-4,6-7H,5H2,1-2H3/t7?,9-/m1/s1. The van der Waals surface area contributed by atoms with Gasteiger partial charge in [-0.15, -0.1) is 0 Å². The van der Waals surface area contributed by atoms with Gasteiger partial charge in [0.05, 0.1) is 0 Å². The van der Waals surface area contributed by atoms with Crippen molar-refractivity contribution < 1.29 is 14.3 Å². The van der Waals surface area contributed by atoms with Crippen molar-refractivity contribution in [3.8, 4) is 0 Å². The summed E-state index contributed by atoms with van der Waals surface area (Å²) in [6.07, 6.45) is 4.52. The molecule has 0 N–H and O–H groups in total. The zero-order valence-corrected chi connectivity index (χ0v) is 7.24. The van der Waals surface area contributed by atoms with Crippen LogP contribution in [0.4, 0.5) is 0 Å². The molecule has 0 aromatic rings. The van der Waals surface area contributed by atoms with Crippen molar-refractivity contribution in [3.05, 3.63) is 12.2 Å². The minimum absolute atomic E-state index is 0.0782. The number of rotatable bonds is 3. The summed E-state index contributed by atoms with van der Waals surface area (Å²) >= 11 is 0. The number of aldehydes is 1. The first kappa shape index (κ1) is 8.97. The number of carbonyl (C=O) groups excluding carboxylic acids is 2. The van der Waals surface area contributed by atoms with Crippen molar-refractivity contribution in [1.29, 1.82) is 0 Å². The second-order valence-corrected chi connectivity index (χ2v) is 3.38. The molecule has 1 aliphatic rings. The van der Waals surface area contributed by atoms with Gasteiger partial charge in [0.1, 0.15) is 11.9 Å². The average molecular weight is 168 g/mol. The third-order valence-electron chi connectivity index (χ3n) is 1.87. The lowest BCUT2D eigenvalue weighted by atomic mass is 9.94. The molecule has 12 heavy (non-hydrogen) atoms. The van der Waals surface area contributed by atoms with Crippen LogP contribution in [0.25, 0.3) is 0 Å². The Balaban J connectivity index is 2.57. The van der Waals surface area contributed by atoms with Gasteiger partial charge >= 0.3 is 5.97 Å². The smallest absolute Gasteiger partial charge is 0.331 e. The Kier molecular flexibility index (Phi) is 2.31. The van der Waals surface area contributed by atoms with Gasteiger partial charge in [-0.05, 0) is 19.4 Å².